The van der Waals surface area contributed by atoms with Gasteiger partial charge in [0.25, 0.3) is 5.89 Å². The number of hydrogen-bond donors (Lipinski definition) is 1. The van der Waals surface area contributed by atoms with Crippen molar-refractivity contribution in [3.63, 3.8) is 0 Å². The second kappa shape index (κ2) is 2.70. The van der Waals surface area contributed by atoms with Crippen LogP contribution in [0.5, 0.6) is 0 Å². The van der Waals surface area contributed by atoms with Crippen molar-refractivity contribution >= 4 is 0 Å². The molecule has 0 spiro atoms. The number of hydrogen-bond acceptors (Lipinski definition) is 4. The number of rotatable bonds is 2. The quantitative estimate of drug-likeness (QED) is 0.663. The highest BCUT2D eigenvalue weighted by atomic mass is 19.3. The van der Waals surface area contributed by atoms with Gasteiger partial charge < -0.3 is 10.2 Å². The Balaban J connectivity index is 2.78. The van der Waals surface area contributed by atoms with Crippen LogP contribution in [0.4, 0.5) is 8.78 Å². The summed E-state index contributed by atoms with van der Waals surface area (Å²) < 4.78 is 27.8. The van der Waals surface area contributed by atoms with Crippen LogP contribution in [0.2, 0.25) is 0 Å². The molecule has 0 unspecified atom stereocenters. The molecule has 6 heteroatoms. The van der Waals surface area contributed by atoms with Crippen LogP contribution in [-0.2, 0) is 6.54 Å². The first-order valence-electron chi connectivity index (χ1n) is 2.54. The third-order valence-electron chi connectivity index (χ3n) is 0.844. The highest BCUT2D eigenvalue weighted by Gasteiger charge is 2.14. The molecule has 1 heterocycles. The van der Waals surface area contributed by atoms with Crippen LogP contribution in [0.3, 0.4) is 0 Å². The fourth-order valence-electron chi connectivity index (χ4n) is 0.437. The van der Waals surface area contributed by atoms with Gasteiger partial charge in [-0.3, -0.25) is 0 Å². The van der Waals surface area contributed by atoms with Crippen molar-refractivity contribution in [2.45, 2.75) is 13.0 Å². The van der Waals surface area contributed by atoms with E-state index in [1.54, 1.807) is 0 Å². The molecular weight excluding hydrogens is 144 g/mol. The van der Waals surface area contributed by atoms with Crippen LogP contribution in [0.25, 0.3) is 0 Å². The van der Waals surface area contributed by atoms with Crippen molar-refractivity contribution < 1.29 is 13.2 Å². The minimum absolute atomic E-state index is 0.0142. The van der Waals surface area contributed by atoms with E-state index in [0.29, 0.717) is 0 Å². The predicted octanol–water partition coefficient (Wildman–Crippen LogP) is 0.466. The van der Waals surface area contributed by atoms with Gasteiger partial charge in [0.15, 0.2) is 0 Å². The van der Waals surface area contributed by atoms with E-state index in [0.717, 1.165) is 0 Å². The maximum Gasteiger partial charge on any atom is 0.314 e. The van der Waals surface area contributed by atoms with Gasteiger partial charge in [0.05, 0.1) is 6.54 Å². The summed E-state index contributed by atoms with van der Waals surface area (Å²) in [5.41, 5.74) is 5.02. The van der Waals surface area contributed by atoms with Gasteiger partial charge in [-0.2, -0.15) is 8.78 Å². The molecule has 0 saturated carbocycles. The largest absolute Gasteiger partial charge is 0.418 e. The molecule has 0 radical (unpaired) electrons. The van der Waals surface area contributed by atoms with Gasteiger partial charge in [-0.1, -0.05) is 0 Å². The fraction of sp³-hybridized carbons (Fsp3) is 0.500. The number of alkyl halides is 2. The van der Waals surface area contributed by atoms with E-state index >= 15 is 0 Å². The minimum atomic E-state index is -2.72. The Bertz CT molecular complexity index is 212. The van der Waals surface area contributed by atoms with Crippen molar-refractivity contribution in [2.75, 3.05) is 0 Å². The molecule has 10 heavy (non-hydrogen) atoms. The maximum absolute atomic E-state index is 11.7. The number of aromatic nitrogens is 2. The van der Waals surface area contributed by atoms with Crippen molar-refractivity contribution in [3.05, 3.63) is 11.8 Å². The second-order valence-electron chi connectivity index (χ2n) is 1.54. The van der Waals surface area contributed by atoms with Crippen LogP contribution in [0.15, 0.2) is 4.42 Å². The van der Waals surface area contributed by atoms with Gasteiger partial charge in [-0.15, -0.1) is 10.2 Å². The van der Waals surface area contributed by atoms with Crippen molar-refractivity contribution in [1.82, 2.24) is 10.2 Å². The SMILES string of the molecule is NCc1nnc(C(F)F)o1. The monoisotopic (exact) mass is 149 g/mol. The molecule has 2 N–H and O–H groups in total. The Labute approximate surface area is 55.0 Å². The summed E-state index contributed by atoms with van der Waals surface area (Å²) >= 11 is 0. The third-order valence-corrected chi connectivity index (χ3v) is 0.844. The molecule has 0 aromatic carbocycles. The lowest BCUT2D eigenvalue weighted by Crippen LogP contribution is -1.95. The Hall–Kier alpha value is -1.04. The Morgan fingerprint density at radius 2 is 2.20 bits per heavy atom. The molecule has 0 fully saturated rings. The average Bonchev–Trinajstić information content (AvgIpc) is 2.34. The standard InChI is InChI=1S/C4H5F2N3O/c5-3(6)4-9-8-2(1-7)10-4/h3H,1,7H2. The molecule has 0 aliphatic heterocycles. The van der Waals surface area contributed by atoms with E-state index < -0.39 is 12.3 Å². The molecule has 4 nitrogen and oxygen atoms in total. The first-order valence-corrected chi connectivity index (χ1v) is 2.54. The average molecular weight is 149 g/mol. The predicted molar refractivity (Wildman–Crippen MR) is 27.1 cm³/mol. The van der Waals surface area contributed by atoms with E-state index in [1.165, 1.54) is 0 Å². The molecular formula is C4H5F2N3O. The lowest BCUT2D eigenvalue weighted by Gasteiger charge is -1.86. The summed E-state index contributed by atoms with van der Waals surface area (Å²) in [4.78, 5) is 0. The van der Waals surface area contributed by atoms with Gasteiger partial charge in [0, 0.05) is 0 Å². The highest BCUT2D eigenvalue weighted by Crippen LogP contribution is 2.15. The molecule has 0 amide bonds. The summed E-state index contributed by atoms with van der Waals surface area (Å²) in [6.45, 7) is -0.0142. The van der Waals surface area contributed by atoms with E-state index in [4.69, 9.17) is 5.73 Å². The normalized spacial score (nSPS) is 10.8. The Morgan fingerprint density at radius 3 is 2.50 bits per heavy atom. The molecule has 0 aliphatic rings. The van der Waals surface area contributed by atoms with Crippen LogP contribution < -0.4 is 5.73 Å². The zero-order chi connectivity index (χ0) is 7.56. The number of halogens is 2. The van der Waals surface area contributed by atoms with Crippen LogP contribution in [0, 0.1) is 0 Å². The van der Waals surface area contributed by atoms with Crippen LogP contribution in [0.1, 0.15) is 18.2 Å². The summed E-state index contributed by atoms with van der Waals surface area (Å²) in [6, 6.07) is 0. The summed E-state index contributed by atoms with van der Waals surface area (Å²) in [7, 11) is 0. The van der Waals surface area contributed by atoms with Gasteiger partial charge in [0.2, 0.25) is 5.89 Å². The van der Waals surface area contributed by atoms with Crippen molar-refractivity contribution in [2.24, 2.45) is 5.73 Å². The van der Waals surface area contributed by atoms with Gasteiger partial charge in [-0.05, 0) is 0 Å². The fourth-order valence-corrected chi connectivity index (χ4v) is 0.437. The molecule has 1 aromatic heterocycles. The summed E-state index contributed by atoms with van der Waals surface area (Å²) in [6.07, 6.45) is -2.72. The molecule has 1 aromatic rings. The zero-order valence-electron chi connectivity index (χ0n) is 4.92. The van der Waals surface area contributed by atoms with Crippen LogP contribution in [-0.4, -0.2) is 10.2 Å². The zero-order valence-corrected chi connectivity index (χ0v) is 4.92. The second-order valence-corrected chi connectivity index (χ2v) is 1.54. The molecule has 1 rings (SSSR count). The number of nitrogens with zero attached hydrogens (tertiary/aromatic N) is 2. The third kappa shape index (κ3) is 1.27. The van der Waals surface area contributed by atoms with Gasteiger partial charge >= 0.3 is 6.43 Å². The van der Waals surface area contributed by atoms with E-state index in [-0.39, 0.29) is 12.4 Å². The topological polar surface area (TPSA) is 64.9 Å². The van der Waals surface area contributed by atoms with Gasteiger partial charge in [0.1, 0.15) is 0 Å². The molecule has 56 valence electrons. The maximum atomic E-state index is 11.7. The number of nitrogens with two attached hydrogens (primary N) is 1. The first kappa shape index (κ1) is 7.07. The summed E-state index contributed by atoms with van der Waals surface area (Å²) in [5.74, 6) is -0.657. The lowest BCUT2D eigenvalue weighted by atomic mass is 10.7. The van der Waals surface area contributed by atoms with E-state index in [9.17, 15) is 8.78 Å². The van der Waals surface area contributed by atoms with Crippen molar-refractivity contribution in [3.8, 4) is 0 Å². The molecule has 0 atom stereocenters. The summed E-state index contributed by atoms with van der Waals surface area (Å²) in [5, 5.41) is 6.27. The Morgan fingerprint density at radius 1 is 1.50 bits per heavy atom. The Kier molecular flexibility index (Phi) is 1.91. The minimum Gasteiger partial charge on any atom is -0.418 e. The first-order chi connectivity index (χ1) is 4.74. The van der Waals surface area contributed by atoms with Crippen molar-refractivity contribution in [1.29, 1.82) is 0 Å². The lowest BCUT2D eigenvalue weighted by molar-refractivity contribution is 0.113. The molecule has 0 saturated heterocycles. The van der Waals surface area contributed by atoms with Gasteiger partial charge in [-0.25, -0.2) is 0 Å². The van der Waals surface area contributed by atoms with E-state index in [2.05, 4.69) is 14.6 Å². The highest BCUT2D eigenvalue weighted by molar-refractivity contribution is 4.81. The molecule has 0 aliphatic carbocycles. The van der Waals surface area contributed by atoms with Crippen LogP contribution >= 0.6 is 0 Å². The van der Waals surface area contributed by atoms with E-state index in [1.807, 2.05) is 0 Å². The smallest absolute Gasteiger partial charge is 0.314 e. The molecule has 0 bridgehead atoms.